The summed E-state index contributed by atoms with van der Waals surface area (Å²) in [5.74, 6) is 0.781. The minimum atomic E-state index is -3.62. The average Bonchev–Trinajstić information content (AvgIpc) is 2.91. The first-order valence-electron chi connectivity index (χ1n) is 6.23. The van der Waals surface area contributed by atoms with Crippen molar-refractivity contribution >= 4 is 10.1 Å². The Morgan fingerprint density at radius 1 is 1.11 bits per heavy atom. The summed E-state index contributed by atoms with van der Waals surface area (Å²) in [5.41, 5.74) is 1.04. The minimum Gasteiger partial charge on any atom is -0.262 e. The SMILES string of the molecule is Cc1ccc(S(=O)(=O)O[C@@H]2C[C@@H]3C=C[C@H]2C3)cc1. The lowest BCUT2D eigenvalue weighted by Gasteiger charge is -2.18. The van der Waals surface area contributed by atoms with Gasteiger partial charge in [0.05, 0.1) is 11.0 Å². The van der Waals surface area contributed by atoms with Gasteiger partial charge in [-0.25, -0.2) is 0 Å². The Hall–Kier alpha value is -1.13. The van der Waals surface area contributed by atoms with Crippen LogP contribution in [0, 0.1) is 18.8 Å². The molecule has 0 aromatic heterocycles. The van der Waals surface area contributed by atoms with E-state index in [1.165, 1.54) is 0 Å². The van der Waals surface area contributed by atoms with Gasteiger partial charge >= 0.3 is 0 Å². The second-order valence-corrected chi connectivity index (χ2v) is 6.75. The third-order valence-electron chi connectivity index (χ3n) is 3.78. The Labute approximate surface area is 108 Å². The standard InChI is InChI=1S/C14H16O3S/c1-10-2-6-13(7-3-10)18(15,16)17-14-9-11-4-5-12(14)8-11/h2-7,11-12,14H,8-9H2,1H3/t11-,12+,14-/m1/s1. The highest BCUT2D eigenvalue weighted by atomic mass is 32.2. The molecule has 18 heavy (non-hydrogen) atoms. The van der Waals surface area contributed by atoms with Crippen molar-refractivity contribution in [1.82, 2.24) is 0 Å². The van der Waals surface area contributed by atoms with Gasteiger partial charge in [0.25, 0.3) is 10.1 Å². The maximum Gasteiger partial charge on any atom is 0.297 e. The van der Waals surface area contributed by atoms with Crippen LogP contribution in [0.25, 0.3) is 0 Å². The molecule has 3 atom stereocenters. The smallest absolute Gasteiger partial charge is 0.262 e. The molecule has 0 spiro atoms. The van der Waals surface area contributed by atoms with Crippen molar-refractivity contribution in [3.05, 3.63) is 42.0 Å². The van der Waals surface area contributed by atoms with E-state index in [9.17, 15) is 8.42 Å². The summed E-state index contributed by atoms with van der Waals surface area (Å²) in [4.78, 5) is 0.250. The summed E-state index contributed by atoms with van der Waals surface area (Å²) >= 11 is 0. The van der Waals surface area contributed by atoms with Crippen molar-refractivity contribution < 1.29 is 12.6 Å². The highest BCUT2D eigenvalue weighted by Crippen LogP contribution is 2.41. The van der Waals surface area contributed by atoms with Crippen LogP contribution in [0.5, 0.6) is 0 Å². The summed E-state index contributed by atoms with van der Waals surface area (Å²) in [6.45, 7) is 1.93. The van der Waals surface area contributed by atoms with Gasteiger partial charge in [-0.05, 0) is 37.8 Å². The van der Waals surface area contributed by atoms with Crippen LogP contribution in [0.15, 0.2) is 41.3 Å². The molecule has 1 saturated carbocycles. The summed E-state index contributed by atoms with van der Waals surface area (Å²) in [5, 5.41) is 0. The monoisotopic (exact) mass is 264 g/mol. The Balaban J connectivity index is 1.79. The van der Waals surface area contributed by atoms with E-state index >= 15 is 0 Å². The molecule has 0 saturated heterocycles. The van der Waals surface area contributed by atoms with Gasteiger partial charge in [-0.1, -0.05) is 29.8 Å². The molecule has 0 aliphatic heterocycles. The molecule has 0 amide bonds. The minimum absolute atomic E-state index is 0.175. The first kappa shape index (κ1) is 11.9. The van der Waals surface area contributed by atoms with Gasteiger partial charge in [0.15, 0.2) is 0 Å². The van der Waals surface area contributed by atoms with Gasteiger partial charge in [-0.3, -0.25) is 4.18 Å². The average molecular weight is 264 g/mol. The first-order chi connectivity index (χ1) is 8.54. The fourth-order valence-electron chi connectivity index (χ4n) is 2.76. The normalized spacial score (nSPS) is 29.9. The van der Waals surface area contributed by atoms with Crippen LogP contribution >= 0.6 is 0 Å². The van der Waals surface area contributed by atoms with Crippen molar-refractivity contribution in [2.45, 2.75) is 30.8 Å². The summed E-state index contributed by atoms with van der Waals surface area (Å²) < 4.78 is 29.6. The van der Waals surface area contributed by atoms with Crippen LogP contribution in [0.3, 0.4) is 0 Å². The maximum absolute atomic E-state index is 12.1. The summed E-state index contributed by atoms with van der Waals surface area (Å²) in [6.07, 6.45) is 5.94. The van der Waals surface area contributed by atoms with Crippen molar-refractivity contribution in [3.63, 3.8) is 0 Å². The lowest BCUT2D eigenvalue weighted by molar-refractivity contribution is 0.182. The number of allylic oxidation sites excluding steroid dienone is 1. The highest BCUT2D eigenvalue weighted by Gasteiger charge is 2.39. The molecular formula is C14H16O3S. The Bertz CT molecular complexity index is 572. The fraction of sp³-hybridized carbons (Fsp3) is 0.429. The number of fused-ring (bicyclic) bond motifs is 2. The van der Waals surface area contributed by atoms with Crippen LogP contribution in [-0.4, -0.2) is 14.5 Å². The third-order valence-corrected chi connectivity index (χ3v) is 5.13. The van der Waals surface area contributed by atoms with Crippen molar-refractivity contribution in [3.8, 4) is 0 Å². The zero-order valence-electron chi connectivity index (χ0n) is 10.2. The summed E-state index contributed by atoms with van der Waals surface area (Å²) in [6, 6.07) is 6.79. The van der Waals surface area contributed by atoms with E-state index in [4.69, 9.17) is 4.18 Å². The van der Waals surface area contributed by atoms with Gasteiger partial charge in [-0.15, -0.1) is 0 Å². The second kappa shape index (κ2) is 4.21. The highest BCUT2D eigenvalue weighted by molar-refractivity contribution is 7.86. The van der Waals surface area contributed by atoms with Crippen LogP contribution < -0.4 is 0 Å². The lowest BCUT2D eigenvalue weighted by Crippen LogP contribution is -2.22. The van der Waals surface area contributed by atoms with E-state index in [0.717, 1.165) is 18.4 Å². The largest absolute Gasteiger partial charge is 0.297 e. The third kappa shape index (κ3) is 2.10. The predicted molar refractivity (Wildman–Crippen MR) is 68.6 cm³/mol. The van der Waals surface area contributed by atoms with Crippen LogP contribution in [0.4, 0.5) is 0 Å². The molecule has 2 aliphatic rings. The number of benzene rings is 1. The van der Waals surface area contributed by atoms with Crippen molar-refractivity contribution in [1.29, 1.82) is 0 Å². The number of rotatable bonds is 3. The van der Waals surface area contributed by atoms with E-state index in [-0.39, 0.29) is 16.9 Å². The van der Waals surface area contributed by atoms with Crippen LogP contribution in [-0.2, 0) is 14.3 Å². The first-order valence-corrected chi connectivity index (χ1v) is 7.64. The second-order valence-electron chi connectivity index (χ2n) is 5.18. The molecular weight excluding hydrogens is 248 g/mol. The molecule has 0 N–H and O–H groups in total. The zero-order chi connectivity index (χ0) is 12.8. The topological polar surface area (TPSA) is 43.4 Å². The van der Waals surface area contributed by atoms with Gasteiger partial charge in [0.1, 0.15) is 0 Å². The Kier molecular flexibility index (Phi) is 2.79. The van der Waals surface area contributed by atoms with E-state index < -0.39 is 10.1 Å². The van der Waals surface area contributed by atoms with Crippen molar-refractivity contribution in [2.75, 3.05) is 0 Å². The van der Waals surface area contributed by atoms with E-state index in [2.05, 4.69) is 12.2 Å². The molecule has 96 valence electrons. The summed E-state index contributed by atoms with van der Waals surface area (Å²) in [7, 11) is -3.62. The molecule has 4 heteroatoms. The molecule has 0 unspecified atom stereocenters. The molecule has 0 heterocycles. The van der Waals surface area contributed by atoms with Crippen LogP contribution in [0.2, 0.25) is 0 Å². The van der Waals surface area contributed by atoms with Gasteiger partial charge < -0.3 is 0 Å². The van der Waals surface area contributed by atoms with E-state index in [1.54, 1.807) is 24.3 Å². The van der Waals surface area contributed by atoms with Gasteiger partial charge in [0.2, 0.25) is 0 Å². The quantitative estimate of drug-likeness (QED) is 0.622. The Morgan fingerprint density at radius 3 is 2.39 bits per heavy atom. The number of aryl methyl sites for hydroxylation is 1. The molecule has 2 aliphatic carbocycles. The molecule has 3 nitrogen and oxygen atoms in total. The van der Waals surface area contributed by atoms with Crippen molar-refractivity contribution in [2.24, 2.45) is 11.8 Å². The Morgan fingerprint density at radius 2 is 1.83 bits per heavy atom. The van der Waals surface area contributed by atoms with Crippen LogP contribution in [0.1, 0.15) is 18.4 Å². The molecule has 1 aromatic carbocycles. The van der Waals surface area contributed by atoms with E-state index in [1.807, 2.05) is 6.92 Å². The maximum atomic E-state index is 12.1. The zero-order valence-corrected chi connectivity index (χ0v) is 11.1. The number of hydrogen-bond donors (Lipinski definition) is 0. The van der Waals surface area contributed by atoms with E-state index in [0.29, 0.717) is 5.92 Å². The molecule has 2 bridgehead atoms. The molecule has 1 aromatic rings. The molecule has 0 radical (unpaired) electrons. The van der Waals surface area contributed by atoms with Gasteiger partial charge in [-0.2, -0.15) is 8.42 Å². The number of hydrogen-bond acceptors (Lipinski definition) is 3. The fourth-order valence-corrected chi connectivity index (χ4v) is 3.89. The van der Waals surface area contributed by atoms with Gasteiger partial charge in [0, 0.05) is 5.92 Å². The lowest BCUT2D eigenvalue weighted by atomic mass is 10.1. The molecule has 3 rings (SSSR count). The molecule has 1 fully saturated rings. The predicted octanol–water partition coefficient (Wildman–Crippen LogP) is 2.66.